The van der Waals surface area contributed by atoms with Crippen molar-refractivity contribution < 1.29 is 14.6 Å². The number of hydrogen-bond acceptors (Lipinski definition) is 4. The highest BCUT2D eigenvalue weighted by atomic mass is 16.5. The lowest BCUT2D eigenvalue weighted by atomic mass is 9.97. The lowest BCUT2D eigenvalue weighted by molar-refractivity contribution is 0.0651. The molecule has 0 aliphatic carbocycles. The Balaban J connectivity index is 1.91. The minimum absolute atomic E-state index is 0.0135. The number of carbonyl (C=O) groups excluding carboxylic acids is 1. The highest BCUT2D eigenvalue weighted by molar-refractivity contribution is 6.00. The van der Waals surface area contributed by atoms with Gasteiger partial charge < -0.3 is 14.7 Å². The first-order chi connectivity index (χ1) is 11.6. The van der Waals surface area contributed by atoms with Gasteiger partial charge in [0.1, 0.15) is 11.4 Å². The van der Waals surface area contributed by atoms with Crippen molar-refractivity contribution in [1.82, 2.24) is 14.7 Å². The van der Waals surface area contributed by atoms with Crippen LogP contribution < -0.4 is 4.74 Å². The van der Waals surface area contributed by atoms with Gasteiger partial charge in [-0.2, -0.15) is 5.10 Å². The van der Waals surface area contributed by atoms with Gasteiger partial charge >= 0.3 is 0 Å². The van der Waals surface area contributed by atoms with Crippen LogP contribution in [0.5, 0.6) is 5.75 Å². The summed E-state index contributed by atoms with van der Waals surface area (Å²) in [6.07, 6.45) is 3.45. The molecule has 1 fully saturated rings. The molecule has 0 radical (unpaired) electrons. The van der Waals surface area contributed by atoms with Crippen molar-refractivity contribution in [2.75, 3.05) is 26.8 Å². The monoisotopic (exact) mass is 329 g/mol. The summed E-state index contributed by atoms with van der Waals surface area (Å²) in [5.74, 6) is 0.987. The number of nitrogens with zero attached hydrogens (tertiary/aromatic N) is 3. The van der Waals surface area contributed by atoms with E-state index in [0.717, 1.165) is 18.4 Å². The summed E-state index contributed by atoms with van der Waals surface area (Å²) in [6.45, 7) is 1.54. The second kappa shape index (κ2) is 7.05. The van der Waals surface area contributed by atoms with Crippen molar-refractivity contribution in [2.24, 2.45) is 13.0 Å². The first-order valence-electron chi connectivity index (χ1n) is 8.21. The predicted octanol–water partition coefficient (Wildman–Crippen LogP) is 1.94. The highest BCUT2D eigenvalue weighted by Gasteiger charge is 2.27. The third-order valence-corrected chi connectivity index (χ3v) is 4.58. The molecule has 0 unspecified atom stereocenters. The molecular formula is C18H23N3O3. The van der Waals surface area contributed by atoms with Gasteiger partial charge in [-0.15, -0.1) is 0 Å². The van der Waals surface area contributed by atoms with Crippen molar-refractivity contribution in [1.29, 1.82) is 0 Å². The van der Waals surface area contributed by atoms with Crippen LogP contribution in [0.15, 0.2) is 30.5 Å². The van der Waals surface area contributed by atoms with E-state index < -0.39 is 0 Å². The second-order valence-corrected chi connectivity index (χ2v) is 6.18. The fourth-order valence-electron chi connectivity index (χ4n) is 3.17. The van der Waals surface area contributed by atoms with Gasteiger partial charge in [-0.3, -0.25) is 9.48 Å². The third-order valence-electron chi connectivity index (χ3n) is 4.58. The minimum atomic E-state index is -0.0135. The molecule has 6 nitrogen and oxygen atoms in total. The lowest BCUT2D eigenvalue weighted by Gasteiger charge is -2.31. The second-order valence-electron chi connectivity index (χ2n) is 6.18. The van der Waals surface area contributed by atoms with Crippen LogP contribution >= 0.6 is 0 Å². The van der Waals surface area contributed by atoms with Crippen molar-refractivity contribution in [3.8, 4) is 17.0 Å². The third kappa shape index (κ3) is 3.14. The number of aliphatic hydroxyl groups excluding tert-OH is 1. The molecule has 128 valence electrons. The lowest BCUT2D eigenvalue weighted by Crippen LogP contribution is -2.39. The quantitative estimate of drug-likeness (QED) is 0.931. The molecule has 1 aromatic heterocycles. The molecule has 0 atom stereocenters. The molecule has 1 saturated heterocycles. The normalized spacial score (nSPS) is 15.5. The van der Waals surface area contributed by atoms with E-state index in [-0.39, 0.29) is 12.5 Å². The molecule has 2 heterocycles. The molecule has 3 rings (SSSR count). The van der Waals surface area contributed by atoms with Crippen molar-refractivity contribution in [2.45, 2.75) is 12.8 Å². The summed E-state index contributed by atoms with van der Waals surface area (Å²) in [5, 5.41) is 13.7. The first kappa shape index (κ1) is 16.5. The zero-order chi connectivity index (χ0) is 17.1. The van der Waals surface area contributed by atoms with Gasteiger partial charge in [0, 0.05) is 38.5 Å². The number of amides is 1. The van der Waals surface area contributed by atoms with Crippen molar-refractivity contribution in [3.05, 3.63) is 36.0 Å². The van der Waals surface area contributed by atoms with E-state index in [0.29, 0.717) is 36.0 Å². The van der Waals surface area contributed by atoms with E-state index in [1.807, 2.05) is 36.2 Å². The molecule has 1 amide bonds. The topological polar surface area (TPSA) is 67.6 Å². The Morgan fingerprint density at radius 1 is 1.33 bits per heavy atom. The van der Waals surface area contributed by atoms with Crippen LogP contribution in [-0.2, 0) is 7.05 Å². The number of hydrogen-bond donors (Lipinski definition) is 1. The maximum absolute atomic E-state index is 13.0. The van der Waals surface area contributed by atoms with E-state index in [1.54, 1.807) is 18.0 Å². The summed E-state index contributed by atoms with van der Waals surface area (Å²) < 4.78 is 7.08. The largest absolute Gasteiger partial charge is 0.496 e. The van der Waals surface area contributed by atoms with Crippen LogP contribution in [-0.4, -0.2) is 52.5 Å². The molecule has 24 heavy (non-hydrogen) atoms. The van der Waals surface area contributed by atoms with Gasteiger partial charge in [-0.25, -0.2) is 0 Å². The number of carbonyl (C=O) groups is 1. The predicted molar refractivity (Wildman–Crippen MR) is 90.9 cm³/mol. The summed E-state index contributed by atoms with van der Waals surface area (Å²) >= 11 is 0. The van der Waals surface area contributed by atoms with E-state index in [1.165, 1.54) is 0 Å². The minimum Gasteiger partial charge on any atom is -0.496 e. The van der Waals surface area contributed by atoms with Crippen LogP contribution in [0, 0.1) is 5.92 Å². The van der Waals surface area contributed by atoms with Gasteiger partial charge in [-0.1, -0.05) is 12.1 Å². The average Bonchev–Trinajstić information content (AvgIpc) is 3.02. The van der Waals surface area contributed by atoms with E-state index >= 15 is 0 Å². The summed E-state index contributed by atoms with van der Waals surface area (Å²) in [7, 11) is 3.43. The van der Waals surface area contributed by atoms with Crippen LogP contribution in [0.4, 0.5) is 0 Å². The van der Waals surface area contributed by atoms with Gasteiger partial charge in [-0.05, 0) is 30.9 Å². The number of aliphatic hydroxyl groups is 1. The van der Waals surface area contributed by atoms with Crippen molar-refractivity contribution >= 4 is 5.91 Å². The zero-order valence-corrected chi connectivity index (χ0v) is 14.1. The number of benzene rings is 1. The van der Waals surface area contributed by atoms with Crippen LogP contribution in [0.2, 0.25) is 0 Å². The number of ether oxygens (including phenoxy) is 1. The van der Waals surface area contributed by atoms with Gasteiger partial charge in [0.25, 0.3) is 5.91 Å². The van der Waals surface area contributed by atoms with Crippen LogP contribution in [0.3, 0.4) is 0 Å². The molecule has 1 aromatic carbocycles. The number of para-hydroxylation sites is 1. The summed E-state index contributed by atoms with van der Waals surface area (Å²) in [4.78, 5) is 14.8. The highest BCUT2D eigenvalue weighted by Crippen LogP contribution is 2.32. The number of methoxy groups -OCH3 is 1. The molecule has 0 spiro atoms. The Labute approximate surface area is 141 Å². The first-order valence-corrected chi connectivity index (χ1v) is 8.21. The van der Waals surface area contributed by atoms with Crippen LogP contribution in [0.25, 0.3) is 11.3 Å². The molecule has 1 N–H and O–H groups in total. The zero-order valence-electron chi connectivity index (χ0n) is 14.1. The Morgan fingerprint density at radius 3 is 2.71 bits per heavy atom. The molecule has 1 aliphatic rings. The fourth-order valence-corrected chi connectivity index (χ4v) is 3.17. The number of piperidine rings is 1. The standard InChI is InChI=1S/C18H23N3O3/c1-20-11-15(18(23)21-9-7-13(12-22)8-10-21)17(19-20)14-5-3-4-6-16(14)24-2/h3-6,11,13,22H,7-10,12H2,1-2H3. The maximum atomic E-state index is 13.0. The SMILES string of the molecule is COc1ccccc1-c1nn(C)cc1C(=O)N1CCC(CO)CC1. The number of likely N-dealkylation sites (tertiary alicyclic amines) is 1. The number of aryl methyl sites for hydroxylation is 1. The van der Waals surface area contributed by atoms with E-state index in [9.17, 15) is 9.90 Å². The summed E-state index contributed by atoms with van der Waals surface area (Å²) in [5.41, 5.74) is 2.04. The van der Waals surface area contributed by atoms with E-state index in [2.05, 4.69) is 5.10 Å². The van der Waals surface area contributed by atoms with Crippen molar-refractivity contribution in [3.63, 3.8) is 0 Å². The molecule has 2 aromatic rings. The molecular weight excluding hydrogens is 306 g/mol. The fraction of sp³-hybridized carbons (Fsp3) is 0.444. The molecule has 0 bridgehead atoms. The smallest absolute Gasteiger partial charge is 0.257 e. The molecule has 6 heteroatoms. The van der Waals surface area contributed by atoms with Crippen LogP contribution in [0.1, 0.15) is 23.2 Å². The number of aromatic nitrogens is 2. The van der Waals surface area contributed by atoms with Gasteiger partial charge in [0.15, 0.2) is 0 Å². The maximum Gasteiger partial charge on any atom is 0.257 e. The molecule has 1 aliphatic heterocycles. The molecule has 0 saturated carbocycles. The van der Waals surface area contributed by atoms with Gasteiger partial charge in [0.05, 0.1) is 12.7 Å². The Morgan fingerprint density at radius 2 is 2.04 bits per heavy atom. The van der Waals surface area contributed by atoms with E-state index in [4.69, 9.17) is 4.74 Å². The Bertz CT molecular complexity index is 718. The van der Waals surface area contributed by atoms with Gasteiger partial charge in [0.2, 0.25) is 0 Å². The number of rotatable bonds is 4. The Hall–Kier alpha value is -2.34. The summed E-state index contributed by atoms with van der Waals surface area (Å²) in [6, 6.07) is 7.58. The Kier molecular flexibility index (Phi) is 4.85. The average molecular weight is 329 g/mol.